The van der Waals surface area contributed by atoms with Crippen LogP contribution < -0.4 is 10.1 Å². The van der Waals surface area contributed by atoms with Gasteiger partial charge < -0.3 is 10.1 Å². The zero-order chi connectivity index (χ0) is 17.0. The number of hydrogen-bond acceptors (Lipinski definition) is 4. The van der Waals surface area contributed by atoms with Gasteiger partial charge in [-0.25, -0.2) is 0 Å². The molecule has 0 saturated carbocycles. The minimum Gasteiger partial charge on any atom is -0.477 e. The second-order valence-corrected chi connectivity index (χ2v) is 5.40. The summed E-state index contributed by atoms with van der Waals surface area (Å²) in [5.74, 6) is -0.522. The zero-order valence-corrected chi connectivity index (χ0v) is 13.5. The first-order chi connectivity index (χ1) is 10.9. The Bertz CT molecular complexity index is 765. The number of halogens is 2. The summed E-state index contributed by atoms with van der Waals surface area (Å²) in [6.45, 7) is 1.36. The van der Waals surface area contributed by atoms with Crippen LogP contribution in [-0.2, 0) is 4.79 Å². The van der Waals surface area contributed by atoms with Crippen LogP contribution in [-0.4, -0.2) is 17.4 Å². The predicted molar refractivity (Wildman–Crippen MR) is 88.4 cm³/mol. The Morgan fingerprint density at radius 1 is 1.26 bits per heavy atom. The van der Waals surface area contributed by atoms with E-state index in [0.717, 1.165) is 5.56 Å². The van der Waals surface area contributed by atoms with Crippen molar-refractivity contribution in [1.82, 2.24) is 0 Å². The number of ether oxygens (including phenoxy) is 1. The number of nitrogens with one attached hydrogen (secondary N) is 1. The van der Waals surface area contributed by atoms with Crippen molar-refractivity contribution in [3.8, 4) is 5.75 Å². The molecule has 0 heterocycles. The molecule has 2 rings (SSSR count). The summed E-state index contributed by atoms with van der Waals surface area (Å²) >= 11 is 12.1. The molecule has 120 valence electrons. The lowest BCUT2D eigenvalue weighted by atomic mass is 10.2. The number of hydrogen-bond donors (Lipinski definition) is 1. The number of amides is 1. The molecular weight excluding hydrogens is 343 g/mol. The predicted octanol–water partition coefficient (Wildman–Crippen LogP) is 4.23. The van der Waals surface area contributed by atoms with Crippen LogP contribution in [0.25, 0.3) is 0 Å². The van der Waals surface area contributed by atoms with Crippen LogP contribution in [0.15, 0.2) is 36.4 Å². The molecule has 2 aromatic rings. The standard InChI is InChI=1S/C15H12Cl2N2O4/c1-9-6-7-10(16)15(14(9)17)18-13(20)8-23-12-5-3-2-4-11(12)19(21)22/h2-7H,8H2,1H3,(H,18,20). The van der Waals surface area contributed by atoms with E-state index in [1.54, 1.807) is 25.1 Å². The Balaban J connectivity index is 2.07. The van der Waals surface area contributed by atoms with Gasteiger partial charge in [0.05, 0.1) is 20.7 Å². The van der Waals surface area contributed by atoms with Crippen LogP contribution in [0.5, 0.6) is 5.75 Å². The minimum absolute atomic E-state index is 0.00841. The molecule has 6 nitrogen and oxygen atoms in total. The number of aryl methyl sites for hydroxylation is 1. The van der Waals surface area contributed by atoms with E-state index in [0.29, 0.717) is 10.0 Å². The number of carbonyl (C=O) groups excluding carboxylic acids is 1. The third kappa shape index (κ3) is 4.12. The Hall–Kier alpha value is -2.31. The van der Waals surface area contributed by atoms with Gasteiger partial charge in [-0.3, -0.25) is 14.9 Å². The first-order valence-electron chi connectivity index (χ1n) is 6.51. The molecule has 0 atom stereocenters. The highest BCUT2D eigenvalue weighted by atomic mass is 35.5. The van der Waals surface area contributed by atoms with E-state index in [1.165, 1.54) is 18.2 Å². The Morgan fingerprint density at radius 2 is 1.96 bits per heavy atom. The van der Waals surface area contributed by atoms with Crippen molar-refractivity contribution in [3.05, 3.63) is 62.1 Å². The second-order valence-electron chi connectivity index (χ2n) is 4.61. The Kier molecular flexibility index (Phi) is 5.41. The Labute approximate surface area is 142 Å². The van der Waals surface area contributed by atoms with Crippen LogP contribution in [0.4, 0.5) is 11.4 Å². The van der Waals surface area contributed by atoms with E-state index in [-0.39, 0.29) is 17.1 Å². The van der Waals surface area contributed by atoms with Gasteiger partial charge in [-0.05, 0) is 24.6 Å². The molecule has 0 aliphatic carbocycles. The van der Waals surface area contributed by atoms with E-state index in [2.05, 4.69) is 5.32 Å². The lowest BCUT2D eigenvalue weighted by Crippen LogP contribution is -2.21. The number of nitrogens with zero attached hydrogens (tertiary/aromatic N) is 1. The van der Waals surface area contributed by atoms with Gasteiger partial charge >= 0.3 is 5.69 Å². The first kappa shape index (κ1) is 17.1. The number of benzene rings is 2. The highest BCUT2D eigenvalue weighted by Crippen LogP contribution is 2.33. The van der Waals surface area contributed by atoms with Crippen molar-refractivity contribution in [2.45, 2.75) is 6.92 Å². The fourth-order valence-corrected chi connectivity index (χ4v) is 2.29. The number of nitro groups is 1. The van der Waals surface area contributed by atoms with Crippen LogP contribution in [0.3, 0.4) is 0 Å². The lowest BCUT2D eigenvalue weighted by molar-refractivity contribution is -0.385. The van der Waals surface area contributed by atoms with E-state index in [4.69, 9.17) is 27.9 Å². The van der Waals surface area contributed by atoms with Crippen LogP contribution in [0, 0.1) is 17.0 Å². The fourth-order valence-electron chi connectivity index (χ4n) is 1.82. The SMILES string of the molecule is Cc1ccc(Cl)c(NC(=O)COc2ccccc2[N+](=O)[O-])c1Cl. The quantitative estimate of drug-likeness (QED) is 0.643. The summed E-state index contributed by atoms with van der Waals surface area (Å²) in [5.41, 5.74) is 0.822. The molecule has 0 fully saturated rings. The Morgan fingerprint density at radius 3 is 2.65 bits per heavy atom. The van der Waals surface area contributed by atoms with Gasteiger partial charge in [0.2, 0.25) is 0 Å². The molecule has 1 amide bonds. The van der Waals surface area contributed by atoms with Crippen molar-refractivity contribution in [2.75, 3.05) is 11.9 Å². The molecule has 0 aliphatic heterocycles. The number of rotatable bonds is 5. The van der Waals surface area contributed by atoms with Crippen molar-refractivity contribution in [3.63, 3.8) is 0 Å². The van der Waals surface area contributed by atoms with Crippen LogP contribution >= 0.6 is 23.2 Å². The van der Waals surface area contributed by atoms with Gasteiger partial charge in [0, 0.05) is 6.07 Å². The molecule has 1 N–H and O–H groups in total. The van der Waals surface area contributed by atoms with Gasteiger partial charge in [0.15, 0.2) is 12.4 Å². The molecule has 0 aromatic heterocycles. The highest BCUT2D eigenvalue weighted by Gasteiger charge is 2.16. The minimum atomic E-state index is -0.582. The topological polar surface area (TPSA) is 81.5 Å². The number of nitro benzene ring substituents is 1. The van der Waals surface area contributed by atoms with Gasteiger partial charge in [-0.1, -0.05) is 41.4 Å². The van der Waals surface area contributed by atoms with Gasteiger partial charge in [-0.15, -0.1) is 0 Å². The highest BCUT2D eigenvalue weighted by molar-refractivity contribution is 6.40. The molecular formula is C15H12Cl2N2O4. The maximum Gasteiger partial charge on any atom is 0.310 e. The van der Waals surface area contributed by atoms with Crippen molar-refractivity contribution in [1.29, 1.82) is 0 Å². The van der Waals surface area contributed by atoms with E-state index >= 15 is 0 Å². The maximum atomic E-state index is 12.0. The molecule has 0 unspecified atom stereocenters. The summed E-state index contributed by atoms with van der Waals surface area (Å²) in [4.78, 5) is 22.3. The number of para-hydroxylation sites is 2. The molecule has 23 heavy (non-hydrogen) atoms. The monoisotopic (exact) mass is 354 g/mol. The van der Waals surface area contributed by atoms with Gasteiger partial charge in [0.1, 0.15) is 0 Å². The van der Waals surface area contributed by atoms with Crippen molar-refractivity contribution < 1.29 is 14.5 Å². The smallest absolute Gasteiger partial charge is 0.310 e. The van der Waals surface area contributed by atoms with E-state index in [1.807, 2.05) is 0 Å². The van der Waals surface area contributed by atoms with E-state index < -0.39 is 17.4 Å². The van der Waals surface area contributed by atoms with Crippen molar-refractivity contribution in [2.24, 2.45) is 0 Å². The summed E-state index contributed by atoms with van der Waals surface area (Å²) < 4.78 is 5.20. The van der Waals surface area contributed by atoms with Crippen LogP contribution in [0.2, 0.25) is 10.0 Å². The van der Waals surface area contributed by atoms with Crippen LogP contribution in [0.1, 0.15) is 5.56 Å². The molecule has 8 heteroatoms. The third-order valence-electron chi connectivity index (χ3n) is 2.97. The number of anilines is 1. The normalized spacial score (nSPS) is 10.2. The molecule has 0 spiro atoms. The molecule has 0 saturated heterocycles. The lowest BCUT2D eigenvalue weighted by Gasteiger charge is -2.11. The molecule has 0 radical (unpaired) electrons. The summed E-state index contributed by atoms with van der Waals surface area (Å²) in [6, 6.07) is 9.14. The average Bonchev–Trinajstić information content (AvgIpc) is 2.53. The summed E-state index contributed by atoms with van der Waals surface area (Å²) in [7, 11) is 0. The summed E-state index contributed by atoms with van der Waals surface area (Å²) in [6.07, 6.45) is 0. The van der Waals surface area contributed by atoms with E-state index in [9.17, 15) is 14.9 Å². The van der Waals surface area contributed by atoms with Gasteiger partial charge in [-0.2, -0.15) is 0 Å². The summed E-state index contributed by atoms with van der Waals surface area (Å²) in [5, 5.41) is 14.0. The van der Waals surface area contributed by atoms with Crippen molar-refractivity contribution >= 4 is 40.5 Å². The number of carbonyl (C=O) groups is 1. The fraction of sp³-hybridized carbons (Fsp3) is 0.133. The maximum absolute atomic E-state index is 12.0. The van der Waals surface area contributed by atoms with Gasteiger partial charge in [0.25, 0.3) is 5.91 Å². The molecule has 0 bridgehead atoms. The second kappa shape index (κ2) is 7.30. The third-order valence-corrected chi connectivity index (χ3v) is 3.77. The first-order valence-corrected chi connectivity index (χ1v) is 7.26. The zero-order valence-electron chi connectivity index (χ0n) is 12.0. The average molecular weight is 355 g/mol. The largest absolute Gasteiger partial charge is 0.477 e. The molecule has 2 aromatic carbocycles. The molecule has 0 aliphatic rings.